The Hall–Kier alpha value is -2.31. The molecule has 6 heteroatoms. The highest BCUT2D eigenvalue weighted by Gasteiger charge is 2.24. The third-order valence-corrected chi connectivity index (χ3v) is 7.02. The summed E-state index contributed by atoms with van der Waals surface area (Å²) in [5, 5.41) is 3.17. The molecule has 4 rings (SSSR count). The van der Waals surface area contributed by atoms with Crippen LogP contribution >= 0.6 is 23.1 Å². The molecular weight excluding hydrogens is 398 g/mol. The van der Waals surface area contributed by atoms with Crippen molar-refractivity contribution in [2.24, 2.45) is 0 Å². The number of thiazole rings is 1. The van der Waals surface area contributed by atoms with Crippen LogP contribution in [0.5, 0.6) is 0 Å². The number of thioether (sulfide) groups is 1. The molecule has 0 atom stereocenters. The highest BCUT2D eigenvalue weighted by Crippen LogP contribution is 2.28. The molecule has 0 aliphatic carbocycles. The van der Waals surface area contributed by atoms with Crippen LogP contribution < -0.4 is 4.90 Å². The molecule has 1 aliphatic heterocycles. The number of amides is 1. The minimum absolute atomic E-state index is 0.131. The maximum absolute atomic E-state index is 13.2. The van der Waals surface area contributed by atoms with Gasteiger partial charge < -0.3 is 9.80 Å². The summed E-state index contributed by atoms with van der Waals surface area (Å²) in [6.45, 7) is 7.36. The zero-order valence-electron chi connectivity index (χ0n) is 16.8. The lowest BCUT2D eigenvalue weighted by atomic mass is 10.1. The van der Waals surface area contributed by atoms with Gasteiger partial charge in [0.25, 0.3) is 5.91 Å². The Balaban J connectivity index is 1.41. The van der Waals surface area contributed by atoms with E-state index in [9.17, 15) is 4.79 Å². The second-order valence-corrected chi connectivity index (χ2v) is 9.34. The standard InChI is InChI=1S/C23H25N3OS2/c1-17-6-5-7-20(14-17)25-10-12-26(13-11-25)23(27)21-8-3-4-9-22(21)29-16-19-15-28-18(2)24-19/h3-9,14-15H,10-13,16H2,1-2H3. The van der Waals surface area contributed by atoms with E-state index in [1.165, 1.54) is 11.3 Å². The Morgan fingerprint density at radius 1 is 1.07 bits per heavy atom. The van der Waals surface area contributed by atoms with Crippen LogP contribution in [0.3, 0.4) is 0 Å². The normalized spacial score (nSPS) is 14.3. The van der Waals surface area contributed by atoms with E-state index in [2.05, 4.69) is 46.5 Å². The number of piperazine rings is 1. The summed E-state index contributed by atoms with van der Waals surface area (Å²) in [5.41, 5.74) is 4.38. The molecule has 1 amide bonds. The van der Waals surface area contributed by atoms with E-state index in [1.807, 2.05) is 36.1 Å². The highest BCUT2D eigenvalue weighted by molar-refractivity contribution is 7.98. The first kappa shape index (κ1) is 20.0. The predicted molar refractivity (Wildman–Crippen MR) is 122 cm³/mol. The molecule has 3 aromatic rings. The van der Waals surface area contributed by atoms with E-state index >= 15 is 0 Å². The van der Waals surface area contributed by atoms with Gasteiger partial charge in [-0.1, -0.05) is 24.3 Å². The molecule has 0 saturated carbocycles. The fourth-order valence-electron chi connectivity index (χ4n) is 3.56. The Morgan fingerprint density at radius 2 is 1.86 bits per heavy atom. The average molecular weight is 424 g/mol. The van der Waals surface area contributed by atoms with Crippen molar-refractivity contribution in [3.8, 4) is 0 Å². The number of carbonyl (C=O) groups is 1. The van der Waals surface area contributed by atoms with E-state index in [1.54, 1.807) is 23.1 Å². The van der Waals surface area contributed by atoms with Crippen LogP contribution in [0.1, 0.15) is 26.6 Å². The summed E-state index contributed by atoms with van der Waals surface area (Å²) in [4.78, 5) is 23.1. The molecule has 0 bridgehead atoms. The Labute approximate surface area is 180 Å². The summed E-state index contributed by atoms with van der Waals surface area (Å²) >= 11 is 3.36. The van der Waals surface area contributed by atoms with Gasteiger partial charge in [-0.2, -0.15) is 0 Å². The number of aryl methyl sites for hydroxylation is 2. The molecular formula is C23H25N3OS2. The molecule has 2 heterocycles. The summed E-state index contributed by atoms with van der Waals surface area (Å²) in [7, 11) is 0. The van der Waals surface area contributed by atoms with Crippen molar-refractivity contribution in [1.29, 1.82) is 0 Å². The molecule has 1 fully saturated rings. The van der Waals surface area contributed by atoms with Gasteiger partial charge in [0.2, 0.25) is 0 Å². The first-order valence-corrected chi connectivity index (χ1v) is 11.7. The van der Waals surface area contributed by atoms with Gasteiger partial charge in [-0.3, -0.25) is 4.79 Å². The number of rotatable bonds is 5. The molecule has 4 nitrogen and oxygen atoms in total. The van der Waals surface area contributed by atoms with Crippen molar-refractivity contribution in [2.45, 2.75) is 24.5 Å². The van der Waals surface area contributed by atoms with Crippen molar-refractivity contribution in [3.63, 3.8) is 0 Å². The molecule has 2 aromatic carbocycles. The number of hydrogen-bond acceptors (Lipinski definition) is 5. The first-order valence-electron chi connectivity index (χ1n) is 9.84. The van der Waals surface area contributed by atoms with Gasteiger partial charge in [0.05, 0.1) is 16.3 Å². The number of aromatic nitrogens is 1. The van der Waals surface area contributed by atoms with Crippen LogP contribution in [0, 0.1) is 13.8 Å². The summed E-state index contributed by atoms with van der Waals surface area (Å²) in [6, 6.07) is 16.5. The Bertz CT molecular complexity index is 993. The second-order valence-electron chi connectivity index (χ2n) is 7.26. The number of anilines is 1. The van der Waals surface area contributed by atoms with E-state index < -0.39 is 0 Å². The highest BCUT2D eigenvalue weighted by atomic mass is 32.2. The Kier molecular flexibility index (Phi) is 6.21. The van der Waals surface area contributed by atoms with E-state index in [0.717, 1.165) is 53.1 Å². The van der Waals surface area contributed by atoms with Gasteiger partial charge in [-0.15, -0.1) is 23.1 Å². The zero-order chi connectivity index (χ0) is 20.2. The number of carbonyl (C=O) groups excluding carboxylic acids is 1. The van der Waals surface area contributed by atoms with Crippen LogP contribution in [-0.4, -0.2) is 42.0 Å². The fraction of sp³-hybridized carbons (Fsp3) is 0.304. The predicted octanol–water partition coefficient (Wildman–Crippen LogP) is 5.01. The lowest BCUT2D eigenvalue weighted by Gasteiger charge is -2.36. The van der Waals surface area contributed by atoms with Gasteiger partial charge in [0.1, 0.15) is 0 Å². The quantitative estimate of drug-likeness (QED) is 0.540. The summed E-state index contributed by atoms with van der Waals surface area (Å²) < 4.78 is 0. The van der Waals surface area contributed by atoms with Crippen molar-refractivity contribution < 1.29 is 4.79 Å². The SMILES string of the molecule is Cc1cccc(N2CCN(C(=O)c3ccccc3SCc3csc(C)n3)CC2)c1. The van der Waals surface area contributed by atoms with Crippen molar-refractivity contribution in [2.75, 3.05) is 31.1 Å². The molecule has 1 aliphatic rings. The smallest absolute Gasteiger partial charge is 0.255 e. The lowest BCUT2D eigenvalue weighted by molar-refractivity contribution is 0.0743. The lowest BCUT2D eigenvalue weighted by Crippen LogP contribution is -2.48. The van der Waals surface area contributed by atoms with Crippen LogP contribution in [-0.2, 0) is 5.75 Å². The zero-order valence-corrected chi connectivity index (χ0v) is 18.4. The van der Waals surface area contributed by atoms with E-state index in [0.29, 0.717) is 0 Å². The van der Waals surface area contributed by atoms with Gasteiger partial charge >= 0.3 is 0 Å². The molecule has 0 unspecified atom stereocenters. The molecule has 1 saturated heterocycles. The van der Waals surface area contributed by atoms with E-state index in [4.69, 9.17) is 0 Å². The van der Waals surface area contributed by atoms with Crippen molar-refractivity contribution in [3.05, 3.63) is 75.7 Å². The number of benzene rings is 2. The van der Waals surface area contributed by atoms with Gasteiger partial charge in [-0.25, -0.2) is 4.98 Å². The van der Waals surface area contributed by atoms with Crippen molar-refractivity contribution in [1.82, 2.24) is 9.88 Å². The van der Waals surface area contributed by atoms with E-state index in [-0.39, 0.29) is 5.91 Å². The Morgan fingerprint density at radius 3 is 2.59 bits per heavy atom. The third kappa shape index (κ3) is 4.82. The van der Waals surface area contributed by atoms with Crippen LogP contribution in [0.2, 0.25) is 0 Å². The third-order valence-electron chi connectivity index (χ3n) is 5.09. The summed E-state index contributed by atoms with van der Waals surface area (Å²) in [6.07, 6.45) is 0. The maximum Gasteiger partial charge on any atom is 0.255 e. The minimum Gasteiger partial charge on any atom is -0.368 e. The first-order chi connectivity index (χ1) is 14.1. The molecule has 29 heavy (non-hydrogen) atoms. The van der Waals surface area contributed by atoms with Crippen LogP contribution in [0.15, 0.2) is 58.8 Å². The second kappa shape index (κ2) is 9.01. The fourth-order valence-corrected chi connectivity index (χ4v) is 5.21. The molecule has 0 spiro atoms. The van der Waals surface area contributed by atoms with Gasteiger partial charge in [0, 0.05) is 47.9 Å². The summed E-state index contributed by atoms with van der Waals surface area (Å²) in [5.74, 6) is 0.918. The van der Waals surface area contributed by atoms with Gasteiger partial charge in [-0.05, 0) is 43.7 Å². The molecule has 1 aromatic heterocycles. The van der Waals surface area contributed by atoms with Crippen molar-refractivity contribution >= 4 is 34.7 Å². The molecule has 0 radical (unpaired) electrons. The minimum atomic E-state index is 0.131. The molecule has 0 N–H and O–H groups in total. The average Bonchev–Trinajstić information content (AvgIpc) is 3.17. The van der Waals surface area contributed by atoms with Crippen LogP contribution in [0.4, 0.5) is 5.69 Å². The number of nitrogens with zero attached hydrogens (tertiary/aromatic N) is 3. The molecule has 150 valence electrons. The largest absolute Gasteiger partial charge is 0.368 e. The maximum atomic E-state index is 13.2. The number of hydrogen-bond donors (Lipinski definition) is 0. The monoisotopic (exact) mass is 423 g/mol. The van der Waals surface area contributed by atoms with Crippen LogP contribution in [0.25, 0.3) is 0 Å². The topological polar surface area (TPSA) is 36.4 Å². The van der Waals surface area contributed by atoms with Gasteiger partial charge in [0.15, 0.2) is 0 Å².